The number of rotatable bonds is 11. The molecule has 0 aromatic rings. The van der Waals surface area contributed by atoms with E-state index in [-0.39, 0.29) is 4.92 Å². The Kier molecular flexibility index (Phi) is 8.30. The van der Waals surface area contributed by atoms with Crippen LogP contribution in [-0.2, 0) is 4.79 Å². The smallest absolute Gasteiger partial charge is 0.320 e. The maximum atomic E-state index is 11.1. The van der Waals surface area contributed by atoms with Crippen LogP contribution in [0.5, 0.6) is 0 Å². The van der Waals surface area contributed by atoms with Crippen molar-refractivity contribution >= 4 is 5.97 Å². The van der Waals surface area contributed by atoms with E-state index >= 15 is 0 Å². The van der Waals surface area contributed by atoms with Crippen molar-refractivity contribution in [2.24, 2.45) is 0 Å². The second-order valence-electron chi connectivity index (χ2n) is 5.51. The average molecular weight is 274 g/mol. The van der Waals surface area contributed by atoms with Gasteiger partial charge in [-0.3, -0.25) is 14.9 Å². The second-order valence-corrected chi connectivity index (χ2v) is 5.51. The van der Waals surface area contributed by atoms with E-state index in [9.17, 15) is 14.9 Å². The zero-order valence-electron chi connectivity index (χ0n) is 12.1. The first kappa shape index (κ1) is 17.8. The summed E-state index contributed by atoms with van der Waals surface area (Å²) in [5.41, 5.74) is -0.981. The predicted molar refractivity (Wildman–Crippen MR) is 73.9 cm³/mol. The Morgan fingerprint density at radius 3 is 2.47 bits per heavy atom. The lowest BCUT2D eigenvalue weighted by Crippen LogP contribution is -2.38. The van der Waals surface area contributed by atoms with Gasteiger partial charge in [-0.05, 0) is 25.8 Å². The molecule has 112 valence electrons. The third-order valence-corrected chi connectivity index (χ3v) is 3.24. The Hall–Kier alpha value is -1.17. The van der Waals surface area contributed by atoms with Gasteiger partial charge in [-0.1, -0.05) is 19.8 Å². The van der Waals surface area contributed by atoms with Gasteiger partial charge in [0.15, 0.2) is 0 Å². The highest BCUT2D eigenvalue weighted by atomic mass is 16.6. The van der Waals surface area contributed by atoms with Crippen LogP contribution in [0.3, 0.4) is 0 Å². The average Bonchev–Trinajstić information content (AvgIpc) is 2.31. The minimum atomic E-state index is -0.981. The van der Waals surface area contributed by atoms with Crippen molar-refractivity contribution < 1.29 is 14.8 Å². The summed E-state index contributed by atoms with van der Waals surface area (Å²) in [6.07, 6.45) is 4.48. The molecular formula is C13H26N2O4. The fraction of sp³-hybridized carbons (Fsp3) is 0.923. The zero-order valence-corrected chi connectivity index (χ0v) is 12.1. The molecule has 0 bridgehead atoms. The van der Waals surface area contributed by atoms with Crippen molar-refractivity contribution in [3.63, 3.8) is 0 Å². The van der Waals surface area contributed by atoms with Crippen molar-refractivity contribution in [2.75, 3.05) is 6.54 Å². The van der Waals surface area contributed by atoms with Gasteiger partial charge in [0.05, 0.1) is 0 Å². The van der Waals surface area contributed by atoms with E-state index in [2.05, 4.69) is 12.2 Å². The Bertz CT molecular complexity index is 292. The van der Waals surface area contributed by atoms with Crippen LogP contribution in [0.4, 0.5) is 0 Å². The van der Waals surface area contributed by atoms with E-state index < -0.39 is 17.6 Å². The number of aliphatic carboxylic acids is 1. The molecule has 0 spiro atoms. The van der Waals surface area contributed by atoms with Crippen LogP contribution < -0.4 is 5.32 Å². The highest BCUT2D eigenvalue weighted by Crippen LogP contribution is 2.17. The maximum absolute atomic E-state index is 11.1. The van der Waals surface area contributed by atoms with E-state index in [1.54, 1.807) is 13.8 Å². The molecule has 0 aliphatic carbocycles. The van der Waals surface area contributed by atoms with E-state index in [0.717, 1.165) is 19.3 Å². The van der Waals surface area contributed by atoms with Crippen molar-refractivity contribution in [1.82, 2.24) is 5.32 Å². The summed E-state index contributed by atoms with van der Waals surface area (Å²) in [6, 6.07) is -0.598. The largest absolute Gasteiger partial charge is 0.480 e. The third kappa shape index (κ3) is 7.77. The molecule has 0 radical (unpaired) electrons. The topological polar surface area (TPSA) is 92.5 Å². The van der Waals surface area contributed by atoms with Gasteiger partial charge in [-0.15, -0.1) is 0 Å². The first-order valence-corrected chi connectivity index (χ1v) is 6.92. The maximum Gasteiger partial charge on any atom is 0.320 e. The summed E-state index contributed by atoms with van der Waals surface area (Å²) in [5.74, 6) is -0.879. The molecule has 0 aliphatic heterocycles. The van der Waals surface area contributed by atoms with Crippen LogP contribution in [0.25, 0.3) is 0 Å². The van der Waals surface area contributed by atoms with Gasteiger partial charge in [0, 0.05) is 25.2 Å². The number of nitrogens with zero attached hydrogens (tertiary/aromatic N) is 1. The Labute approximate surface area is 114 Å². The summed E-state index contributed by atoms with van der Waals surface area (Å²) in [4.78, 5) is 21.5. The van der Waals surface area contributed by atoms with E-state index in [1.165, 1.54) is 0 Å². The first-order valence-electron chi connectivity index (χ1n) is 6.92. The van der Waals surface area contributed by atoms with Crippen molar-refractivity contribution in [3.05, 3.63) is 10.1 Å². The Morgan fingerprint density at radius 2 is 2.00 bits per heavy atom. The van der Waals surface area contributed by atoms with Gasteiger partial charge in [0.1, 0.15) is 6.04 Å². The summed E-state index contributed by atoms with van der Waals surface area (Å²) >= 11 is 0. The molecule has 0 amide bonds. The van der Waals surface area contributed by atoms with Gasteiger partial charge in [-0.2, -0.15) is 0 Å². The molecule has 1 unspecified atom stereocenters. The summed E-state index contributed by atoms with van der Waals surface area (Å²) in [5, 5.41) is 22.8. The number of hydrogen-bond acceptors (Lipinski definition) is 4. The van der Waals surface area contributed by atoms with Gasteiger partial charge in [0.25, 0.3) is 0 Å². The van der Waals surface area contributed by atoms with Crippen LogP contribution in [0.2, 0.25) is 0 Å². The van der Waals surface area contributed by atoms with Gasteiger partial charge >= 0.3 is 5.97 Å². The number of unbranched alkanes of at least 4 members (excludes halogenated alkanes) is 2. The molecule has 6 nitrogen and oxygen atoms in total. The second kappa shape index (κ2) is 8.85. The molecule has 2 N–H and O–H groups in total. The minimum Gasteiger partial charge on any atom is -0.480 e. The standard InChI is InChI=1S/C13H26N2O4/c1-4-5-6-10-14-11(12(16)17)8-7-9-13(2,3)15(18)19/h11,14H,4-10H2,1-3H3,(H,16,17). The van der Waals surface area contributed by atoms with Crippen LogP contribution in [0, 0.1) is 10.1 Å². The van der Waals surface area contributed by atoms with Gasteiger partial charge < -0.3 is 10.4 Å². The van der Waals surface area contributed by atoms with Crippen molar-refractivity contribution in [1.29, 1.82) is 0 Å². The van der Waals surface area contributed by atoms with Crippen molar-refractivity contribution in [3.8, 4) is 0 Å². The molecule has 0 aliphatic rings. The van der Waals surface area contributed by atoms with E-state index in [4.69, 9.17) is 5.11 Å². The summed E-state index contributed by atoms with van der Waals surface area (Å²) in [7, 11) is 0. The molecule has 0 saturated carbocycles. The number of hydrogen-bond donors (Lipinski definition) is 2. The summed E-state index contributed by atoms with van der Waals surface area (Å²) < 4.78 is 0. The van der Waals surface area contributed by atoms with Crippen LogP contribution in [0.15, 0.2) is 0 Å². The molecule has 1 atom stereocenters. The van der Waals surface area contributed by atoms with E-state index in [1.807, 2.05) is 0 Å². The number of carboxylic acids is 1. The van der Waals surface area contributed by atoms with E-state index in [0.29, 0.717) is 25.8 Å². The fourth-order valence-corrected chi connectivity index (χ4v) is 1.79. The molecule has 0 rings (SSSR count). The lowest BCUT2D eigenvalue weighted by molar-refractivity contribution is -0.561. The number of nitro groups is 1. The number of carbonyl (C=O) groups is 1. The normalized spacial score (nSPS) is 13.2. The Morgan fingerprint density at radius 1 is 1.37 bits per heavy atom. The SMILES string of the molecule is CCCCCNC(CCCC(C)(C)[N+](=O)[O-])C(=O)O. The lowest BCUT2D eigenvalue weighted by atomic mass is 9.96. The van der Waals surface area contributed by atoms with Crippen molar-refractivity contribution in [2.45, 2.75) is 70.9 Å². The minimum absolute atomic E-state index is 0.308. The van der Waals surface area contributed by atoms with Crippen LogP contribution >= 0.6 is 0 Å². The molecule has 0 aromatic heterocycles. The molecule has 19 heavy (non-hydrogen) atoms. The quantitative estimate of drug-likeness (QED) is 0.343. The summed E-state index contributed by atoms with van der Waals surface area (Å²) in [6.45, 7) is 5.91. The lowest BCUT2D eigenvalue weighted by Gasteiger charge is -2.18. The molecular weight excluding hydrogens is 248 g/mol. The zero-order chi connectivity index (χ0) is 14.9. The predicted octanol–water partition coefficient (Wildman–Crippen LogP) is 2.45. The van der Waals surface area contributed by atoms with Crippen LogP contribution in [0.1, 0.15) is 59.3 Å². The highest BCUT2D eigenvalue weighted by molar-refractivity contribution is 5.73. The number of nitrogens with one attached hydrogen (secondary N) is 1. The molecule has 0 fully saturated rings. The molecule has 0 heterocycles. The highest BCUT2D eigenvalue weighted by Gasteiger charge is 2.30. The third-order valence-electron chi connectivity index (χ3n) is 3.24. The Balaban J connectivity index is 4.02. The molecule has 0 saturated heterocycles. The molecule has 6 heteroatoms. The fourth-order valence-electron chi connectivity index (χ4n) is 1.79. The molecule has 0 aromatic carbocycles. The number of carboxylic acid groups (broad SMARTS) is 1. The van der Waals surface area contributed by atoms with Gasteiger partial charge in [0.2, 0.25) is 5.54 Å². The first-order chi connectivity index (χ1) is 8.81. The monoisotopic (exact) mass is 274 g/mol. The van der Waals surface area contributed by atoms with Gasteiger partial charge in [-0.25, -0.2) is 0 Å². The van der Waals surface area contributed by atoms with Crippen LogP contribution in [-0.4, -0.2) is 34.1 Å².